The van der Waals surface area contributed by atoms with Gasteiger partial charge in [-0.25, -0.2) is 0 Å². The number of thiophene rings is 1. The molecule has 0 aliphatic rings. The summed E-state index contributed by atoms with van der Waals surface area (Å²) >= 11 is 1.80. The second-order valence-corrected chi connectivity index (χ2v) is 4.24. The first-order valence-corrected chi connectivity index (χ1v) is 5.96. The van der Waals surface area contributed by atoms with Crippen molar-refractivity contribution >= 4 is 11.3 Å². The number of hydrogen-bond acceptors (Lipinski definition) is 2. The van der Waals surface area contributed by atoms with E-state index in [0.29, 0.717) is 6.04 Å². The number of nitrogens with one attached hydrogen (secondary N) is 1. The van der Waals surface area contributed by atoms with E-state index in [9.17, 15) is 0 Å². The monoisotopic (exact) mass is 207 g/mol. The zero-order chi connectivity index (χ0) is 10.2. The molecule has 0 amide bonds. The van der Waals surface area contributed by atoms with Gasteiger partial charge in [-0.1, -0.05) is 13.0 Å². The molecule has 1 aromatic rings. The number of terminal acetylenes is 1. The molecular formula is C12H17NS. The molecule has 1 atom stereocenters. The molecule has 14 heavy (non-hydrogen) atoms. The van der Waals surface area contributed by atoms with E-state index in [2.05, 4.69) is 35.7 Å². The Balaban J connectivity index is 2.49. The van der Waals surface area contributed by atoms with Gasteiger partial charge >= 0.3 is 0 Å². The Morgan fingerprint density at radius 1 is 1.64 bits per heavy atom. The van der Waals surface area contributed by atoms with E-state index in [1.54, 1.807) is 11.3 Å². The molecular weight excluding hydrogens is 190 g/mol. The van der Waals surface area contributed by atoms with Gasteiger partial charge in [0.2, 0.25) is 0 Å². The quantitative estimate of drug-likeness (QED) is 0.706. The van der Waals surface area contributed by atoms with Gasteiger partial charge in [-0.3, -0.25) is 0 Å². The molecule has 1 aromatic heterocycles. The highest BCUT2D eigenvalue weighted by Gasteiger charge is 2.09. The van der Waals surface area contributed by atoms with Gasteiger partial charge in [-0.2, -0.15) is 0 Å². The molecule has 2 heteroatoms. The third kappa shape index (κ3) is 3.53. The fraction of sp³-hybridized carbons (Fsp3) is 0.500. The molecule has 1 unspecified atom stereocenters. The van der Waals surface area contributed by atoms with Crippen LogP contribution in [0.25, 0.3) is 0 Å². The second-order valence-electron chi connectivity index (χ2n) is 3.26. The third-order valence-corrected chi connectivity index (χ3v) is 3.09. The van der Waals surface area contributed by atoms with Crippen LogP contribution < -0.4 is 5.32 Å². The molecule has 0 aliphatic carbocycles. The molecule has 0 saturated heterocycles. The maximum atomic E-state index is 5.28. The molecule has 0 aromatic carbocycles. The first-order valence-electron chi connectivity index (χ1n) is 5.08. The molecule has 0 fully saturated rings. The molecule has 0 saturated carbocycles. The molecule has 76 valence electrons. The largest absolute Gasteiger partial charge is 0.309 e. The average Bonchev–Trinajstić information content (AvgIpc) is 2.71. The lowest BCUT2D eigenvalue weighted by Gasteiger charge is -2.15. The molecule has 0 radical (unpaired) electrons. The van der Waals surface area contributed by atoms with Crippen molar-refractivity contribution in [3.05, 3.63) is 22.4 Å². The van der Waals surface area contributed by atoms with Crippen molar-refractivity contribution in [1.29, 1.82) is 0 Å². The Hall–Kier alpha value is -0.780. The van der Waals surface area contributed by atoms with Gasteiger partial charge in [0.25, 0.3) is 0 Å². The van der Waals surface area contributed by atoms with Crippen LogP contribution in [0.4, 0.5) is 0 Å². The zero-order valence-electron chi connectivity index (χ0n) is 8.62. The van der Waals surface area contributed by atoms with Crippen LogP contribution in [0.3, 0.4) is 0 Å². The van der Waals surface area contributed by atoms with Gasteiger partial charge in [0.1, 0.15) is 0 Å². The van der Waals surface area contributed by atoms with E-state index in [4.69, 9.17) is 6.42 Å². The summed E-state index contributed by atoms with van der Waals surface area (Å²) in [5.74, 6) is 2.70. The van der Waals surface area contributed by atoms with E-state index >= 15 is 0 Å². The van der Waals surface area contributed by atoms with Gasteiger partial charge in [-0.05, 0) is 30.8 Å². The molecule has 0 aliphatic heterocycles. The minimum absolute atomic E-state index is 0.450. The third-order valence-electron chi connectivity index (χ3n) is 2.10. The van der Waals surface area contributed by atoms with Crippen LogP contribution in [0.15, 0.2) is 17.5 Å². The summed E-state index contributed by atoms with van der Waals surface area (Å²) in [6.45, 7) is 3.24. The lowest BCUT2D eigenvalue weighted by Crippen LogP contribution is -2.21. The van der Waals surface area contributed by atoms with Gasteiger partial charge in [0.15, 0.2) is 0 Å². The van der Waals surface area contributed by atoms with Crippen molar-refractivity contribution in [2.45, 2.75) is 32.2 Å². The summed E-state index contributed by atoms with van der Waals surface area (Å²) in [6, 6.07) is 4.72. The summed E-state index contributed by atoms with van der Waals surface area (Å²) in [5, 5.41) is 5.64. The number of hydrogen-bond donors (Lipinski definition) is 1. The van der Waals surface area contributed by atoms with Crippen molar-refractivity contribution in [3.63, 3.8) is 0 Å². The summed E-state index contributed by atoms with van der Waals surface area (Å²) in [5.41, 5.74) is 0. The van der Waals surface area contributed by atoms with Crippen LogP contribution in [-0.4, -0.2) is 6.54 Å². The lowest BCUT2D eigenvalue weighted by molar-refractivity contribution is 0.512. The molecule has 1 rings (SSSR count). The fourth-order valence-corrected chi connectivity index (χ4v) is 2.22. The predicted octanol–water partition coefficient (Wildman–Crippen LogP) is 3.20. The highest BCUT2D eigenvalue weighted by atomic mass is 32.1. The van der Waals surface area contributed by atoms with Crippen molar-refractivity contribution in [1.82, 2.24) is 5.32 Å². The normalized spacial score (nSPS) is 12.3. The maximum Gasteiger partial charge on any atom is 0.0423 e. The topological polar surface area (TPSA) is 12.0 Å². The van der Waals surface area contributed by atoms with Crippen LogP contribution >= 0.6 is 11.3 Å². The molecule has 0 bridgehead atoms. The summed E-state index contributed by atoms with van der Waals surface area (Å²) < 4.78 is 0. The van der Waals surface area contributed by atoms with E-state index in [-0.39, 0.29) is 0 Å². The SMILES string of the molecule is C#CCCC(NCCC)c1cccs1. The van der Waals surface area contributed by atoms with Gasteiger partial charge in [-0.15, -0.1) is 23.7 Å². The van der Waals surface area contributed by atoms with E-state index < -0.39 is 0 Å². The summed E-state index contributed by atoms with van der Waals surface area (Å²) in [7, 11) is 0. The second kappa shape index (κ2) is 6.64. The van der Waals surface area contributed by atoms with Gasteiger partial charge < -0.3 is 5.32 Å². The highest BCUT2D eigenvalue weighted by molar-refractivity contribution is 7.10. The van der Waals surface area contributed by atoms with E-state index in [1.807, 2.05) is 0 Å². The van der Waals surface area contributed by atoms with Crippen LogP contribution in [-0.2, 0) is 0 Å². The summed E-state index contributed by atoms with van der Waals surface area (Å²) in [6.07, 6.45) is 8.33. The van der Waals surface area contributed by atoms with E-state index in [0.717, 1.165) is 25.8 Å². The van der Waals surface area contributed by atoms with Crippen LogP contribution in [0.1, 0.15) is 37.1 Å². The minimum Gasteiger partial charge on any atom is -0.309 e. The Morgan fingerprint density at radius 3 is 3.07 bits per heavy atom. The minimum atomic E-state index is 0.450. The Morgan fingerprint density at radius 2 is 2.50 bits per heavy atom. The van der Waals surface area contributed by atoms with Crippen LogP contribution in [0.2, 0.25) is 0 Å². The average molecular weight is 207 g/mol. The Kier molecular flexibility index (Phi) is 5.36. The van der Waals surface area contributed by atoms with Crippen molar-refractivity contribution < 1.29 is 0 Å². The predicted molar refractivity (Wildman–Crippen MR) is 63.4 cm³/mol. The Labute approximate surface area is 90.5 Å². The highest BCUT2D eigenvalue weighted by Crippen LogP contribution is 2.22. The van der Waals surface area contributed by atoms with Crippen molar-refractivity contribution in [3.8, 4) is 12.3 Å². The molecule has 0 spiro atoms. The van der Waals surface area contributed by atoms with Crippen LogP contribution in [0, 0.1) is 12.3 Å². The van der Waals surface area contributed by atoms with Crippen LogP contribution in [0.5, 0.6) is 0 Å². The molecule has 1 N–H and O–H groups in total. The Bertz CT molecular complexity index is 271. The number of rotatable bonds is 6. The molecule has 1 nitrogen and oxygen atoms in total. The standard InChI is InChI=1S/C12H17NS/c1-3-5-7-11(13-9-4-2)12-8-6-10-14-12/h1,6,8,10-11,13H,4-5,7,9H2,2H3. The first kappa shape index (κ1) is 11.3. The van der Waals surface area contributed by atoms with Gasteiger partial charge in [0, 0.05) is 17.3 Å². The lowest BCUT2D eigenvalue weighted by atomic mass is 10.1. The molecule has 1 heterocycles. The van der Waals surface area contributed by atoms with Crippen molar-refractivity contribution in [2.24, 2.45) is 0 Å². The fourth-order valence-electron chi connectivity index (χ4n) is 1.38. The zero-order valence-corrected chi connectivity index (χ0v) is 9.44. The van der Waals surface area contributed by atoms with Gasteiger partial charge in [0.05, 0.1) is 0 Å². The smallest absolute Gasteiger partial charge is 0.0423 e. The van der Waals surface area contributed by atoms with Crippen molar-refractivity contribution in [2.75, 3.05) is 6.54 Å². The first-order chi connectivity index (χ1) is 6.88. The maximum absolute atomic E-state index is 5.28. The summed E-state index contributed by atoms with van der Waals surface area (Å²) in [4.78, 5) is 1.40. The van der Waals surface area contributed by atoms with E-state index in [1.165, 1.54) is 4.88 Å².